The normalized spacial score (nSPS) is 16.2. The van der Waals surface area contributed by atoms with Crippen LogP contribution in [0.4, 0.5) is 14.6 Å². The number of nitrogens with one attached hydrogen (secondary N) is 1. The third-order valence-corrected chi connectivity index (χ3v) is 6.68. The molecule has 1 aliphatic rings. The fraction of sp³-hybridized carbons (Fsp3) is 0.238. The number of thiophene rings is 1. The van der Waals surface area contributed by atoms with Gasteiger partial charge in [0.25, 0.3) is 0 Å². The van der Waals surface area contributed by atoms with E-state index >= 15 is 0 Å². The minimum absolute atomic E-state index is 0.103. The number of tetrazole rings is 1. The van der Waals surface area contributed by atoms with Gasteiger partial charge in [-0.15, -0.1) is 16.4 Å². The number of halogens is 2. The Morgan fingerprint density at radius 2 is 2.13 bits per heavy atom. The quantitative estimate of drug-likeness (QED) is 0.507. The summed E-state index contributed by atoms with van der Waals surface area (Å²) >= 11 is 1.73. The first-order valence-electron chi connectivity index (χ1n) is 9.85. The van der Waals surface area contributed by atoms with Gasteiger partial charge in [0.05, 0.1) is 5.56 Å². The molecular formula is C21H19F2N7S. The zero-order chi connectivity index (χ0) is 21.5. The van der Waals surface area contributed by atoms with Crippen LogP contribution in [-0.2, 0) is 6.42 Å². The van der Waals surface area contributed by atoms with Crippen molar-refractivity contribution >= 4 is 17.2 Å². The summed E-state index contributed by atoms with van der Waals surface area (Å²) in [5.41, 5.74) is 8.68. The summed E-state index contributed by atoms with van der Waals surface area (Å²) in [5, 5.41) is 14.9. The number of rotatable bonds is 3. The molecule has 0 aliphatic carbocycles. The van der Waals surface area contributed by atoms with Gasteiger partial charge in [-0.3, -0.25) is 0 Å². The number of nitrogens with two attached hydrogens (primary N) is 1. The molecule has 0 saturated heterocycles. The lowest BCUT2D eigenvalue weighted by atomic mass is 10.0. The van der Waals surface area contributed by atoms with Crippen LogP contribution in [0.25, 0.3) is 27.5 Å². The van der Waals surface area contributed by atoms with Crippen LogP contribution in [0.15, 0.2) is 36.5 Å². The van der Waals surface area contributed by atoms with Gasteiger partial charge in [0.1, 0.15) is 11.5 Å². The van der Waals surface area contributed by atoms with E-state index in [-0.39, 0.29) is 17.3 Å². The van der Waals surface area contributed by atoms with Crippen LogP contribution >= 0.6 is 11.3 Å². The van der Waals surface area contributed by atoms with E-state index in [1.165, 1.54) is 22.6 Å². The van der Waals surface area contributed by atoms with E-state index in [2.05, 4.69) is 38.8 Å². The highest BCUT2D eigenvalue weighted by atomic mass is 32.1. The smallest absolute Gasteiger partial charge is 0.190 e. The number of hydrogen-bond donors (Lipinski definition) is 2. The second-order valence-electron chi connectivity index (χ2n) is 7.49. The highest BCUT2D eigenvalue weighted by molar-refractivity contribution is 7.15. The molecule has 5 rings (SSSR count). The average Bonchev–Trinajstić information content (AvgIpc) is 3.37. The number of nitrogens with zero attached hydrogens (tertiary/aromatic N) is 5. The van der Waals surface area contributed by atoms with Crippen LogP contribution < -0.4 is 11.1 Å². The van der Waals surface area contributed by atoms with Crippen molar-refractivity contribution in [2.24, 2.45) is 0 Å². The molecule has 0 saturated carbocycles. The lowest BCUT2D eigenvalue weighted by molar-refractivity contribution is 0.501. The van der Waals surface area contributed by atoms with Crippen molar-refractivity contribution in [2.45, 2.75) is 19.3 Å². The fourth-order valence-electron chi connectivity index (χ4n) is 3.79. The monoisotopic (exact) mass is 439 g/mol. The number of aromatic nitrogens is 5. The maximum absolute atomic E-state index is 14.4. The van der Waals surface area contributed by atoms with Gasteiger partial charge in [0.15, 0.2) is 17.5 Å². The molecule has 0 amide bonds. The van der Waals surface area contributed by atoms with Crippen molar-refractivity contribution in [2.75, 3.05) is 18.8 Å². The highest BCUT2D eigenvalue weighted by Crippen LogP contribution is 2.38. The molecule has 7 nitrogen and oxygen atoms in total. The molecule has 1 aliphatic heterocycles. The van der Waals surface area contributed by atoms with Crippen LogP contribution in [0.1, 0.15) is 23.3 Å². The Morgan fingerprint density at radius 3 is 3.00 bits per heavy atom. The van der Waals surface area contributed by atoms with Gasteiger partial charge < -0.3 is 11.1 Å². The minimum atomic E-state index is -1.04. The molecular weight excluding hydrogens is 420 g/mol. The lowest BCUT2D eigenvalue weighted by Crippen LogP contribution is -2.18. The maximum atomic E-state index is 14.4. The summed E-state index contributed by atoms with van der Waals surface area (Å²) in [6, 6.07) is 7.87. The molecule has 0 spiro atoms. The average molecular weight is 439 g/mol. The number of pyridine rings is 1. The number of benzene rings is 1. The van der Waals surface area contributed by atoms with E-state index in [0.29, 0.717) is 11.5 Å². The summed E-state index contributed by atoms with van der Waals surface area (Å²) < 4.78 is 29.2. The molecule has 4 heterocycles. The molecule has 31 heavy (non-hydrogen) atoms. The predicted molar refractivity (Wildman–Crippen MR) is 115 cm³/mol. The summed E-state index contributed by atoms with van der Waals surface area (Å²) in [7, 11) is 0. The molecule has 0 bridgehead atoms. The lowest BCUT2D eigenvalue weighted by Gasteiger charge is -2.09. The highest BCUT2D eigenvalue weighted by Gasteiger charge is 2.22. The Labute approximate surface area is 180 Å². The molecule has 1 atom stereocenters. The van der Waals surface area contributed by atoms with Gasteiger partial charge in [-0.25, -0.2) is 13.8 Å². The molecule has 10 heteroatoms. The predicted octanol–water partition coefficient (Wildman–Crippen LogP) is 3.56. The van der Waals surface area contributed by atoms with Crippen molar-refractivity contribution in [1.29, 1.82) is 0 Å². The first kappa shape index (κ1) is 19.7. The van der Waals surface area contributed by atoms with Crippen LogP contribution in [-0.4, -0.2) is 38.3 Å². The minimum Gasteiger partial charge on any atom is -0.383 e. The van der Waals surface area contributed by atoms with Gasteiger partial charge in [-0.1, -0.05) is 13.0 Å². The Balaban J connectivity index is 1.60. The maximum Gasteiger partial charge on any atom is 0.190 e. The summed E-state index contributed by atoms with van der Waals surface area (Å²) in [6.07, 6.45) is 2.69. The van der Waals surface area contributed by atoms with E-state index in [4.69, 9.17) is 5.73 Å². The van der Waals surface area contributed by atoms with E-state index in [0.717, 1.165) is 40.7 Å². The van der Waals surface area contributed by atoms with Crippen molar-refractivity contribution in [3.05, 3.63) is 58.6 Å². The Kier molecular flexibility index (Phi) is 4.95. The van der Waals surface area contributed by atoms with E-state index in [9.17, 15) is 8.78 Å². The van der Waals surface area contributed by atoms with Gasteiger partial charge in [0, 0.05) is 28.1 Å². The fourth-order valence-corrected chi connectivity index (χ4v) is 5.05. The molecule has 0 radical (unpaired) electrons. The molecule has 0 fully saturated rings. The first-order chi connectivity index (χ1) is 15.0. The van der Waals surface area contributed by atoms with Crippen LogP contribution in [0.3, 0.4) is 0 Å². The molecule has 158 valence electrons. The van der Waals surface area contributed by atoms with Gasteiger partial charge in [0.2, 0.25) is 0 Å². The second-order valence-corrected chi connectivity index (χ2v) is 8.63. The Bertz CT molecular complexity index is 1270. The van der Waals surface area contributed by atoms with Crippen LogP contribution in [0, 0.1) is 11.6 Å². The van der Waals surface area contributed by atoms with E-state index in [1.54, 1.807) is 17.5 Å². The molecule has 1 unspecified atom stereocenters. The number of fused-ring (bicyclic) bond motifs is 1. The largest absolute Gasteiger partial charge is 0.383 e. The van der Waals surface area contributed by atoms with Gasteiger partial charge in [-0.05, 0) is 59.1 Å². The molecule has 3 N–H and O–H groups in total. The van der Waals surface area contributed by atoms with Gasteiger partial charge >= 0.3 is 0 Å². The van der Waals surface area contributed by atoms with Crippen molar-refractivity contribution < 1.29 is 8.78 Å². The van der Waals surface area contributed by atoms with Crippen LogP contribution in [0.5, 0.6) is 0 Å². The second kappa shape index (κ2) is 7.78. The van der Waals surface area contributed by atoms with Gasteiger partial charge in [-0.2, -0.15) is 4.68 Å². The third kappa shape index (κ3) is 3.47. The Morgan fingerprint density at radius 1 is 1.26 bits per heavy atom. The van der Waals surface area contributed by atoms with Crippen molar-refractivity contribution in [1.82, 2.24) is 30.5 Å². The van der Waals surface area contributed by atoms with Crippen molar-refractivity contribution in [3.8, 4) is 27.5 Å². The molecule has 1 aromatic carbocycles. The molecule has 3 aromatic heterocycles. The summed E-state index contributed by atoms with van der Waals surface area (Å²) in [6.45, 7) is 4.11. The summed E-state index contributed by atoms with van der Waals surface area (Å²) in [4.78, 5) is 6.76. The number of nitrogen functional groups attached to an aromatic ring is 1. The topological polar surface area (TPSA) is 94.5 Å². The SMILES string of the molecule is CC1CNCCc2sc(-c3cnc(N)c(-c4nnnn4-c4cccc(F)c4F)c3)cc21. The zero-order valence-corrected chi connectivity index (χ0v) is 17.5. The van der Waals surface area contributed by atoms with E-state index in [1.807, 2.05) is 6.07 Å². The van der Waals surface area contributed by atoms with Crippen LogP contribution in [0.2, 0.25) is 0 Å². The first-order valence-corrected chi connectivity index (χ1v) is 10.7. The number of anilines is 1. The number of hydrogen-bond acceptors (Lipinski definition) is 7. The molecule has 4 aromatic rings. The zero-order valence-electron chi connectivity index (χ0n) is 16.6. The van der Waals surface area contributed by atoms with E-state index < -0.39 is 11.6 Å². The standard InChI is InChI=1S/C21H19F2N7S/c1-11-9-25-6-5-17-13(11)8-18(31-17)12-7-14(20(24)26-10-12)21-27-28-29-30(21)16-4-2-3-15(22)19(16)23/h2-4,7-8,10-11,25H,5-6,9H2,1H3,(H2,24,26). The summed E-state index contributed by atoms with van der Waals surface area (Å²) in [5.74, 6) is -1.21. The van der Waals surface area contributed by atoms with Crippen molar-refractivity contribution in [3.63, 3.8) is 0 Å². The third-order valence-electron chi connectivity index (χ3n) is 5.42. The Hall–Kier alpha value is -3.24.